The molecule has 4 heteroatoms. The number of amides is 1. The first-order valence-electron chi connectivity index (χ1n) is 3.28. The summed E-state index contributed by atoms with van der Waals surface area (Å²) in [5.41, 5.74) is 5.92. The van der Waals surface area contributed by atoms with E-state index in [0.29, 0.717) is 5.56 Å². The second kappa shape index (κ2) is 3.23. The summed E-state index contributed by atoms with van der Waals surface area (Å²) in [6, 6.07) is 2.80. The highest BCUT2D eigenvalue weighted by atomic mass is 79.9. The van der Waals surface area contributed by atoms with Crippen LogP contribution < -0.4 is 5.73 Å². The molecule has 0 bridgehead atoms. The van der Waals surface area contributed by atoms with Gasteiger partial charge < -0.3 is 5.73 Å². The zero-order chi connectivity index (χ0) is 9.30. The smallest absolute Gasteiger partial charge is 0.250 e. The molecule has 2 nitrogen and oxygen atoms in total. The summed E-state index contributed by atoms with van der Waals surface area (Å²) in [5.74, 6) is -1.10. The van der Waals surface area contributed by atoms with E-state index in [9.17, 15) is 9.18 Å². The van der Waals surface area contributed by atoms with E-state index in [1.807, 2.05) is 0 Å². The van der Waals surface area contributed by atoms with Crippen molar-refractivity contribution < 1.29 is 9.18 Å². The molecule has 0 heterocycles. The normalized spacial score (nSPS) is 9.92. The van der Waals surface area contributed by atoms with Gasteiger partial charge in [0.1, 0.15) is 5.82 Å². The SMILES string of the molecule is Cc1ccc(F)c(Br)c1C(N)=O. The van der Waals surface area contributed by atoms with E-state index >= 15 is 0 Å². The summed E-state index contributed by atoms with van der Waals surface area (Å²) in [6.07, 6.45) is 0. The van der Waals surface area contributed by atoms with Gasteiger partial charge in [0.25, 0.3) is 0 Å². The van der Waals surface area contributed by atoms with Crippen LogP contribution in [0.1, 0.15) is 15.9 Å². The van der Waals surface area contributed by atoms with Gasteiger partial charge in [-0.2, -0.15) is 0 Å². The van der Waals surface area contributed by atoms with E-state index < -0.39 is 11.7 Å². The van der Waals surface area contributed by atoms with Gasteiger partial charge >= 0.3 is 0 Å². The van der Waals surface area contributed by atoms with Crippen LogP contribution in [0.15, 0.2) is 16.6 Å². The Kier molecular flexibility index (Phi) is 2.47. The van der Waals surface area contributed by atoms with E-state index in [0.717, 1.165) is 0 Å². The van der Waals surface area contributed by atoms with E-state index in [1.165, 1.54) is 12.1 Å². The van der Waals surface area contributed by atoms with Gasteiger partial charge in [-0.15, -0.1) is 0 Å². The lowest BCUT2D eigenvalue weighted by atomic mass is 10.1. The highest BCUT2D eigenvalue weighted by Crippen LogP contribution is 2.22. The Balaban J connectivity index is 3.43. The number of primary amides is 1. The first-order valence-corrected chi connectivity index (χ1v) is 4.07. The molecule has 0 spiro atoms. The maximum atomic E-state index is 12.9. The number of carbonyl (C=O) groups excluding carboxylic acids is 1. The number of carbonyl (C=O) groups is 1. The maximum absolute atomic E-state index is 12.9. The van der Waals surface area contributed by atoms with Crippen LogP contribution in [0.2, 0.25) is 0 Å². The molecule has 0 fully saturated rings. The van der Waals surface area contributed by atoms with E-state index in [1.54, 1.807) is 6.92 Å². The van der Waals surface area contributed by atoms with Gasteiger partial charge in [-0.05, 0) is 34.5 Å². The lowest BCUT2D eigenvalue weighted by Gasteiger charge is -2.04. The van der Waals surface area contributed by atoms with Crippen molar-refractivity contribution in [3.63, 3.8) is 0 Å². The summed E-state index contributed by atoms with van der Waals surface area (Å²) < 4.78 is 13.0. The molecule has 0 saturated carbocycles. The fourth-order valence-corrected chi connectivity index (χ4v) is 1.59. The summed E-state index contributed by atoms with van der Waals surface area (Å²) in [6.45, 7) is 1.70. The minimum atomic E-state index is -0.626. The lowest BCUT2D eigenvalue weighted by Crippen LogP contribution is -2.14. The summed E-state index contributed by atoms with van der Waals surface area (Å²) >= 11 is 2.96. The molecule has 12 heavy (non-hydrogen) atoms. The first kappa shape index (κ1) is 9.19. The second-order valence-electron chi connectivity index (χ2n) is 2.42. The highest BCUT2D eigenvalue weighted by molar-refractivity contribution is 9.10. The van der Waals surface area contributed by atoms with E-state index in [2.05, 4.69) is 15.9 Å². The number of nitrogens with two attached hydrogens (primary N) is 1. The Labute approximate surface area is 77.7 Å². The van der Waals surface area contributed by atoms with E-state index in [-0.39, 0.29) is 10.0 Å². The van der Waals surface area contributed by atoms with Crippen LogP contribution >= 0.6 is 15.9 Å². The molecule has 1 aromatic rings. The molecule has 1 rings (SSSR count). The standard InChI is InChI=1S/C8H7BrFNO/c1-4-2-3-5(10)7(9)6(4)8(11)12/h2-3H,1H3,(H2,11,12). The molecular weight excluding hydrogens is 225 g/mol. The van der Waals surface area contributed by atoms with Gasteiger partial charge in [0.05, 0.1) is 10.0 Å². The fraction of sp³-hybridized carbons (Fsp3) is 0.125. The average molecular weight is 232 g/mol. The van der Waals surface area contributed by atoms with Gasteiger partial charge in [-0.25, -0.2) is 4.39 Å². The topological polar surface area (TPSA) is 43.1 Å². The lowest BCUT2D eigenvalue weighted by molar-refractivity contribution is 0.0998. The van der Waals surface area contributed by atoms with Gasteiger partial charge in [-0.1, -0.05) is 6.07 Å². The number of halogens is 2. The van der Waals surface area contributed by atoms with Crippen molar-refractivity contribution in [3.05, 3.63) is 33.5 Å². The number of hydrogen-bond donors (Lipinski definition) is 1. The Morgan fingerprint density at radius 1 is 1.58 bits per heavy atom. The van der Waals surface area contributed by atoms with Crippen molar-refractivity contribution in [2.75, 3.05) is 0 Å². The minimum absolute atomic E-state index is 0.134. The Hall–Kier alpha value is -0.900. The molecule has 1 amide bonds. The molecule has 0 radical (unpaired) electrons. The Morgan fingerprint density at radius 2 is 2.17 bits per heavy atom. The van der Waals surface area contributed by atoms with Crippen LogP contribution in [0.25, 0.3) is 0 Å². The number of aryl methyl sites for hydroxylation is 1. The molecule has 1 aromatic carbocycles. The van der Waals surface area contributed by atoms with Gasteiger partial charge in [-0.3, -0.25) is 4.79 Å². The molecule has 0 aliphatic heterocycles. The van der Waals surface area contributed by atoms with Gasteiger partial charge in [0.2, 0.25) is 5.91 Å². The molecule has 64 valence electrons. The molecule has 0 aromatic heterocycles. The fourth-order valence-electron chi connectivity index (χ4n) is 0.950. The Morgan fingerprint density at radius 3 is 2.58 bits per heavy atom. The summed E-state index contributed by atoms with van der Waals surface area (Å²) in [7, 11) is 0. The Bertz CT molecular complexity index is 338. The molecule has 0 atom stereocenters. The zero-order valence-corrected chi connectivity index (χ0v) is 7.98. The third-order valence-electron chi connectivity index (χ3n) is 1.55. The molecular formula is C8H7BrFNO. The molecule has 2 N–H and O–H groups in total. The number of rotatable bonds is 1. The quantitative estimate of drug-likeness (QED) is 0.790. The van der Waals surface area contributed by atoms with Crippen molar-refractivity contribution in [1.82, 2.24) is 0 Å². The summed E-state index contributed by atoms with van der Waals surface area (Å²) in [4.78, 5) is 10.8. The zero-order valence-electron chi connectivity index (χ0n) is 6.40. The van der Waals surface area contributed by atoms with Gasteiger partial charge in [0.15, 0.2) is 0 Å². The largest absolute Gasteiger partial charge is 0.366 e. The molecule has 0 aliphatic rings. The maximum Gasteiger partial charge on any atom is 0.250 e. The average Bonchev–Trinajstić information content (AvgIpc) is 1.97. The minimum Gasteiger partial charge on any atom is -0.366 e. The van der Waals surface area contributed by atoms with Crippen molar-refractivity contribution in [1.29, 1.82) is 0 Å². The second-order valence-corrected chi connectivity index (χ2v) is 3.21. The van der Waals surface area contributed by atoms with E-state index in [4.69, 9.17) is 5.73 Å². The van der Waals surface area contributed by atoms with Crippen LogP contribution in [-0.2, 0) is 0 Å². The predicted octanol–water partition coefficient (Wildman–Crippen LogP) is 2.00. The van der Waals surface area contributed by atoms with Crippen molar-refractivity contribution in [3.8, 4) is 0 Å². The molecule has 0 unspecified atom stereocenters. The van der Waals surface area contributed by atoms with Crippen LogP contribution in [0.4, 0.5) is 4.39 Å². The van der Waals surface area contributed by atoms with Crippen LogP contribution in [0, 0.1) is 12.7 Å². The third-order valence-corrected chi connectivity index (χ3v) is 2.32. The van der Waals surface area contributed by atoms with Crippen LogP contribution in [-0.4, -0.2) is 5.91 Å². The monoisotopic (exact) mass is 231 g/mol. The molecule has 0 aliphatic carbocycles. The van der Waals surface area contributed by atoms with Gasteiger partial charge in [0, 0.05) is 0 Å². The highest BCUT2D eigenvalue weighted by Gasteiger charge is 2.12. The third kappa shape index (κ3) is 1.48. The van der Waals surface area contributed by atoms with Crippen LogP contribution in [0.3, 0.4) is 0 Å². The first-order chi connectivity index (χ1) is 5.54. The van der Waals surface area contributed by atoms with Crippen molar-refractivity contribution in [2.24, 2.45) is 5.73 Å². The van der Waals surface area contributed by atoms with Crippen molar-refractivity contribution >= 4 is 21.8 Å². The number of hydrogen-bond acceptors (Lipinski definition) is 1. The van der Waals surface area contributed by atoms with Crippen molar-refractivity contribution in [2.45, 2.75) is 6.92 Å². The predicted molar refractivity (Wildman–Crippen MR) is 47.4 cm³/mol. The van der Waals surface area contributed by atoms with Crippen LogP contribution in [0.5, 0.6) is 0 Å². The molecule has 0 saturated heterocycles. The summed E-state index contributed by atoms with van der Waals surface area (Å²) in [5, 5.41) is 0. The number of benzene rings is 1.